The molecule has 0 spiro atoms. The standard InChI is InChI=1S/C52H70F5N11O8/c1-28(2)39(67-48(72)50(3,4)18-21-74-22-23-75-51(5,6)17-19-58)46(70)65-37(8-7-20-60-49(59)73)45(69)64-33-15-13-31(14-16-33)41(52(55,56)57)76-47(71)38-29-9-11-30(12-10-29)40(38)66-44-36(54)27-63-43(68-44)35-26-62-42-34(35)24-32(53)25-61-42/h13-16,24-30,37-41H,7-12,17-23,58H2,1-6H3,(H,61,62)(H,64,69)(H,65,70)(H,67,72)(H3,59,60,73)(H,63,66,68)/p+1/t29?,30?,37-,38-,39-,40-,41?/m0/s1. The number of alkyl halides is 3. The minimum atomic E-state index is -5.05. The van der Waals surface area contributed by atoms with Crippen LogP contribution in [0.1, 0.15) is 105 Å². The molecule has 416 valence electrons. The molecule has 3 saturated carbocycles. The number of H-pyrrole nitrogens is 1. The van der Waals surface area contributed by atoms with Crippen LogP contribution in [-0.4, -0.2) is 117 Å². The summed E-state index contributed by atoms with van der Waals surface area (Å²) in [7, 11) is 0. The minimum absolute atomic E-state index is 0.0172. The number of rotatable bonds is 26. The number of carbonyl (C=O) groups excluding carboxylic acids is 5. The van der Waals surface area contributed by atoms with E-state index in [1.165, 1.54) is 24.4 Å². The van der Waals surface area contributed by atoms with Crippen molar-refractivity contribution in [2.24, 2.45) is 40.6 Å². The number of carbonyl (C=O) groups is 4. The van der Waals surface area contributed by atoms with E-state index in [1.807, 2.05) is 13.8 Å². The van der Waals surface area contributed by atoms with Gasteiger partial charge in [-0.2, -0.15) is 13.2 Å². The summed E-state index contributed by atoms with van der Waals surface area (Å²) >= 11 is 0. The lowest BCUT2D eigenvalue weighted by Crippen LogP contribution is -2.56. The van der Waals surface area contributed by atoms with Crippen LogP contribution < -0.4 is 38.1 Å². The van der Waals surface area contributed by atoms with Crippen molar-refractivity contribution in [1.29, 1.82) is 0 Å². The van der Waals surface area contributed by atoms with Gasteiger partial charge in [0.15, 0.2) is 17.5 Å². The highest BCUT2D eigenvalue weighted by atomic mass is 19.4. The molecule has 0 saturated heterocycles. The summed E-state index contributed by atoms with van der Waals surface area (Å²) in [4.78, 5) is 79.6. The summed E-state index contributed by atoms with van der Waals surface area (Å²) in [5.74, 6) is -6.41. The van der Waals surface area contributed by atoms with Crippen molar-refractivity contribution in [1.82, 2.24) is 35.9 Å². The van der Waals surface area contributed by atoms with Crippen LogP contribution in [0.5, 0.6) is 0 Å². The predicted molar refractivity (Wildman–Crippen MR) is 274 cm³/mol. The Kier molecular flexibility index (Phi) is 19.7. The third-order valence-corrected chi connectivity index (χ3v) is 14.1. The Morgan fingerprint density at radius 1 is 0.908 bits per heavy atom. The highest BCUT2D eigenvalue weighted by Crippen LogP contribution is 2.48. The normalized spacial score (nSPS) is 18.9. The molecule has 5 amide bonds. The molecule has 7 rings (SSSR count). The molecule has 76 heavy (non-hydrogen) atoms. The number of nitrogens with two attached hydrogens (primary N) is 2. The van der Waals surface area contributed by atoms with Crippen molar-refractivity contribution in [3.63, 3.8) is 0 Å². The number of nitrogens with one attached hydrogen (secondary N) is 6. The van der Waals surface area contributed by atoms with E-state index >= 15 is 4.39 Å². The Bertz CT molecular complexity index is 2640. The molecule has 11 N–H and O–H groups in total. The molecule has 1 unspecified atom stereocenters. The number of anilines is 2. The number of fused-ring (bicyclic) bond motifs is 4. The summed E-state index contributed by atoms with van der Waals surface area (Å²) in [5.41, 5.74) is 9.81. The first-order valence-corrected chi connectivity index (χ1v) is 25.6. The number of aromatic nitrogens is 4. The van der Waals surface area contributed by atoms with Crippen molar-refractivity contribution >= 4 is 52.3 Å². The van der Waals surface area contributed by atoms with Crippen LogP contribution in [-0.2, 0) is 28.6 Å². The van der Waals surface area contributed by atoms with E-state index < -0.39 is 100 Å². The van der Waals surface area contributed by atoms with Crippen LogP contribution in [0, 0.1) is 40.7 Å². The van der Waals surface area contributed by atoms with E-state index in [0.29, 0.717) is 74.9 Å². The second-order valence-electron chi connectivity index (χ2n) is 21.1. The molecule has 1 aromatic carbocycles. The number of hydrogen-bond acceptors (Lipinski definition) is 12. The van der Waals surface area contributed by atoms with Gasteiger partial charge in [-0.1, -0.05) is 39.8 Å². The number of pyridine rings is 1. The summed E-state index contributed by atoms with van der Waals surface area (Å²) < 4.78 is 91.4. The van der Waals surface area contributed by atoms with Crippen molar-refractivity contribution in [2.75, 3.05) is 43.5 Å². The van der Waals surface area contributed by atoms with Gasteiger partial charge >= 0.3 is 24.3 Å². The number of halogens is 5. The fraction of sp³-hybridized carbons (Fsp3) is 0.577. The molecule has 3 fully saturated rings. The Balaban J connectivity index is 1.11. The lowest BCUT2D eigenvalue weighted by molar-refractivity contribution is -0.205. The summed E-state index contributed by atoms with van der Waals surface area (Å²) in [6, 6.07) is 1.86. The Labute approximate surface area is 437 Å². The second kappa shape index (κ2) is 25.5. The molecule has 2 bridgehead atoms. The molecular formula is C52H71F5N11O8+. The zero-order valence-electron chi connectivity index (χ0n) is 43.6. The van der Waals surface area contributed by atoms with Crippen molar-refractivity contribution in [3.8, 4) is 11.4 Å². The van der Waals surface area contributed by atoms with Gasteiger partial charge in [0.1, 0.15) is 29.5 Å². The number of amides is 5. The summed E-state index contributed by atoms with van der Waals surface area (Å²) in [6.45, 7) is 12.2. The maximum Gasteiger partial charge on any atom is 0.489 e. The lowest BCUT2D eigenvalue weighted by atomic mass is 9.61. The molecule has 4 aromatic rings. The summed E-state index contributed by atoms with van der Waals surface area (Å²) in [5, 5.41) is 14.0. The minimum Gasteiger partial charge on any atom is -0.379 e. The van der Waals surface area contributed by atoms with Crippen LogP contribution in [0.4, 0.5) is 38.3 Å². The number of ether oxygens (including phenoxy) is 3. The zero-order chi connectivity index (χ0) is 55.5. The van der Waals surface area contributed by atoms with E-state index in [-0.39, 0.29) is 55.2 Å². The molecule has 0 aliphatic heterocycles. The fourth-order valence-corrected chi connectivity index (χ4v) is 9.68. The predicted octanol–water partition coefficient (Wildman–Crippen LogP) is 6.93. The van der Waals surface area contributed by atoms with Crippen molar-refractivity contribution in [3.05, 3.63) is 66.1 Å². The maximum atomic E-state index is 15.4. The average Bonchev–Trinajstić information content (AvgIpc) is 3.78. The third kappa shape index (κ3) is 15.5. The first-order chi connectivity index (χ1) is 35.9. The number of hydrogen-bond donors (Lipinski definition) is 8. The van der Waals surface area contributed by atoms with E-state index in [9.17, 15) is 41.5 Å². The summed E-state index contributed by atoms with van der Waals surface area (Å²) in [6.07, 6.45) is -0.649. The molecule has 5 atom stereocenters. The van der Waals surface area contributed by atoms with Crippen molar-refractivity contribution < 1.29 is 60.1 Å². The highest BCUT2D eigenvalue weighted by Gasteiger charge is 2.56. The van der Waals surface area contributed by atoms with Crippen molar-refractivity contribution in [2.45, 2.75) is 129 Å². The topological polar surface area (TPSA) is 284 Å². The van der Waals surface area contributed by atoms with Gasteiger partial charge in [-0.05, 0) is 108 Å². The zero-order valence-corrected chi connectivity index (χ0v) is 43.6. The molecule has 19 nitrogen and oxygen atoms in total. The van der Waals surface area contributed by atoms with Gasteiger partial charge in [-0.3, -0.25) is 14.4 Å². The quantitative estimate of drug-likeness (QED) is 0.0138. The van der Waals surface area contributed by atoms with Gasteiger partial charge in [0.25, 0.3) is 0 Å². The van der Waals surface area contributed by atoms with Gasteiger partial charge in [-0.25, -0.2) is 28.5 Å². The van der Waals surface area contributed by atoms with Gasteiger partial charge < -0.3 is 62.0 Å². The smallest absolute Gasteiger partial charge is 0.379 e. The van der Waals surface area contributed by atoms with E-state index in [4.69, 9.17) is 25.7 Å². The largest absolute Gasteiger partial charge is 0.489 e. The Morgan fingerprint density at radius 2 is 1.61 bits per heavy atom. The second-order valence-corrected chi connectivity index (χ2v) is 21.1. The van der Waals surface area contributed by atoms with Gasteiger partial charge in [0, 0.05) is 53.0 Å². The van der Waals surface area contributed by atoms with Gasteiger partial charge in [0.05, 0.1) is 31.2 Å². The number of urea groups is 1. The average molecular weight is 1070 g/mol. The molecular weight excluding hydrogens is 1000 g/mol. The number of primary amides is 1. The Hall–Kier alpha value is -6.53. The first-order valence-electron chi connectivity index (χ1n) is 25.6. The Morgan fingerprint density at radius 3 is 2.26 bits per heavy atom. The van der Waals surface area contributed by atoms with E-state index in [2.05, 4.69) is 46.5 Å². The van der Waals surface area contributed by atoms with Gasteiger partial charge in [0.2, 0.25) is 17.7 Å². The van der Waals surface area contributed by atoms with Crippen LogP contribution >= 0.6 is 0 Å². The molecule has 3 aromatic heterocycles. The number of aromatic amines is 1. The van der Waals surface area contributed by atoms with E-state index in [1.54, 1.807) is 27.7 Å². The third-order valence-electron chi connectivity index (χ3n) is 14.1. The monoisotopic (exact) mass is 1070 g/mol. The molecule has 3 aliphatic rings. The molecule has 3 aliphatic carbocycles. The van der Waals surface area contributed by atoms with Crippen LogP contribution in [0.15, 0.2) is 48.9 Å². The van der Waals surface area contributed by atoms with Crippen LogP contribution in [0.25, 0.3) is 22.4 Å². The maximum absolute atomic E-state index is 15.4. The van der Waals surface area contributed by atoms with E-state index in [0.717, 1.165) is 24.5 Å². The molecule has 24 heteroatoms. The molecule has 0 radical (unpaired) electrons. The lowest BCUT2D eigenvalue weighted by Gasteiger charge is -2.46. The SMILES string of the molecule is CC(C)[C@H](NC(=O)C(C)(C)CCOCCOC(C)(C)CCN)C(=O)N[C@@H](CCCNC(N)=O)C(=O)Nc1ccc(C(OC(=[OH+])[C@H]2C3CCC(CC3)[C@@H]2Nc2nc(-c3c[nH]c4ncc(F)cc34)ncc2F)C(F)(F)F)cc1. The number of nitrogens with zero attached hydrogens (tertiary/aromatic N) is 3. The van der Waals surface area contributed by atoms with Crippen LogP contribution in [0.2, 0.25) is 0 Å². The number of esters is 1. The fourth-order valence-electron chi connectivity index (χ4n) is 9.68. The number of benzene rings is 1. The van der Waals surface area contributed by atoms with Crippen LogP contribution in [0.3, 0.4) is 0 Å². The molecule has 3 heterocycles. The van der Waals surface area contributed by atoms with Gasteiger partial charge in [-0.15, -0.1) is 0 Å². The first kappa shape index (κ1) is 58.7. The highest BCUT2D eigenvalue weighted by molar-refractivity contribution is 5.99.